The van der Waals surface area contributed by atoms with Gasteiger partial charge in [-0.3, -0.25) is 19.4 Å². The fourth-order valence-corrected chi connectivity index (χ4v) is 5.65. The molecule has 8 heteroatoms. The van der Waals surface area contributed by atoms with Crippen LogP contribution in [-0.4, -0.2) is 45.9 Å². The number of hydrogen-bond donors (Lipinski definition) is 2. The van der Waals surface area contributed by atoms with Crippen LogP contribution < -0.4 is 10.2 Å². The van der Waals surface area contributed by atoms with Crippen molar-refractivity contribution in [2.75, 3.05) is 23.3 Å². The molecule has 1 aliphatic carbocycles. The van der Waals surface area contributed by atoms with Gasteiger partial charge in [-0.25, -0.2) is 0 Å². The van der Waals surface area contributed by atoms with Crippen LogP contribution in [0.25, 0.3) is 11.1 Å². The Labute approximate surface area is 251 Å². The number of fused-ring (bicyclic) bond motifs is 1. The van der Waals surface area contributed by atoms with E-state index in [0.29, 0.717) is 12.1 Å². The number of rotatable bonds is 10. The molecule has 2 amide bonds. The average molecular weight is 575 g/mol. The number of aliphatic carboxylic acids is 1. The van der Waals surface area contributed by atoms with Gasteiger partial charge in [0.25, 0.3) is 5.91 Å². The van der Waals surface area contributed by atoms with E-state index in [4.69, 9.17) is 0 Å². The number of carbonyl (C=O) groups is 3. The third kappa shape index (κ3) is 6.75. The molecule has 1 saturated carbocycles. The van der Waals surface area contributed by atoms with E-state index < -0.39 is 5.97 Å². The number of hydrogen-bond acceptors (Lipinski definition) is 5. The third-order valence-electron chi connectivity index (χ3n) is 8.13. The Bertz CT molecular complexity index is 1650. The van der Waals surface area contributed by atoms with Gasteiger partial charge in [-0.2, -0.15) is 0 Å². The first kappa shape index (κ1) is 28.2. The van der Waals surface area contributed by atoms with Crippen molar-refractivity contribution >= 4 is 29.2 Å². The molecule has 8 nitrogen and oxygen atoms in total. The Hall–Kier alpha value is -4.98. The first-order valence-corrected chi connectivity index (χ1v) is 14.7. The Morgan fingerprint density at radius 2 is 1.67 bits per heavy atom. The number of carboxylic acids is 1. The van der Waals surface area contributed by atoms with Crippen molar-refractivity contribution in [1.82, 2.24) is 9.88 Å². The minimum Gasteiger partial charge on any atom is -0.481 e. The van der Waals surface area contributed by atoms with E-state index in [2.05, 4.69) is 51.6 Å². The molecule has 6 rings (SSSR count). The first-order valence-electron chi connectivity index (χ1n) is 14.7. The predicted molar refractivity (Wildman–Crippen MR) is 166 cm³/mol. The molecule has 0 spiro atoms. The molecule has 1 fully saturated rings. The van der Waals surface area contributed by atoms with Crippen molar-refractivity contribution in [3.05, 3.63) is 114 Å². The molecule has 3 aromatic carbocycles. The van der Waals surface area contributed by atoms with Crippen LogP contribution in [0, 0.1) is 5.92 Å². The lowest BCUT2D eigenvalue weighted by Crippen LogP contribution is -2.33. The summed E-state index contributed by atoms with van der Waals surface area (Å²) in [5.74, 6) is -1.08. The molecule has 0 radical (unpaired) electrons. The predicted octanol–water partition coefficient (Wildman–Crippen LogP) is 5.78. The van der Waals surface area contributed by atoms with Crippen molar-refractivity contribution in [2.45, 2.75) is 38.8 Å². The third-order valence-corrected chi connectivity index (χ3v) is 8.13. The van der Waals surface area contributed by atoms with Crippen LogP contribution in [0.4, 0.5) is 11.4 Å². The van der Waals surface area contributed by atoms with Crippen LogP contribution in [0.15, 0.2) is 91.3 Å². The molecule has 0 bridgehead atoms. The van der Waals surface area contributed by atoms with E-state index in [1.165, 1.54) is 11.1 Å². The second-order valence-electron chi connectivity index (χ2n) is 11.2. The van der Waals surface area contributed by atoms with Crippen LogP contribution in [0.3, 0.4) is 0 Å². The summed E-state index contributed by atoms with van der Waals surface area (Å²) in [6, 6.07) is 25.9. The van der Waals surface area contributed by atoms with Gasteiger partial charge < -0.3 is 20.2 Å². The molecule has 1 aromatic heterocycles. The van der Waals surface area contributed by atoms with Crippen molar-refractivity contribution in [2.24, 2.45) is 5.92 Å². The quantitative estimate of drug-likeness (QED) is 0.249. The normalized spacial score (nSPS) is 14.1. The van der Waals surface area contributed by atoms with Crippen LogP contribution in [-0.2, 0) is 29.1 Å². The zero-order valence-electron chi connectivity index (χ0n) is 23.9. The molecule has 2 heterocycles. The Balaban J connectivity index is 1.30. The second kappa shape index (κ2) is 12.5. The summed E-state index contributed by atoms with van der Waals surface area (Å²) in [4.78, 5) is 45.4. The largest absolute Gasteiger partial charge is 0.481 e. The van der Waals surface area contributed by atoms with E-state index in [1.54, 1.807) is 29.4 Å². The fourth-order valence-electron chi connectivity index (χ4n) is 5.65. The zero-order valence-corrected chi connectivity index (χ0v) is 23.9. The van der Waals surface area contributed by atoms with Gasteiger partial charge in [0.2, 0.25) is 5.91 Å². The SMILES string of the molecule is O=C(O)CCN(Cc1cccc(-c2ccc(N3CCc4ccccc4C3)c(NC(=O)c3ccncc3)c2)c1)C(=O)C1CC1. The molecule has 0 unspecified atom stereocenters. The maximum Gasteiger partial charge on any atom is 0.305 e. The first-order chi connectivity index (χ1) is 20.9. The number of benzene rings is 3. The average Bonchev–Trinajstić information content (AvgIpc) is 3.89. The summed E-state index contributed by atoms with van der Waals surface area (Å²) >= 11 is 0. The van der Waals surface area contributed by atoms with Crippen LogP contribution in [0.5, 0.6) is 0 Å². The number of nitrogens with one attached hydrogen (secondary N) is 1. The summed E-state index contributed by atoms with van der Waals surface area (Å²) in [5.41, 5.74) is 7.64. The van der Waals surface area contributed by atoms with Gasteiger partial charge >= 0.3 is 5.97 Å². The molecular formula is C35H34N4O4. The van der Waals surface area contributed by atoms with Gasteiger partial charge in [0, 0.05) is 50.1 Å². The summed E-state index contributed by atoms with van der Waals surface area (Å²) in [6.45, 7) is 2.14. The van der Waals surface area contributed by atoms with Crippen molar-refractivity contribution in [3.63, 3.8) is 0 Å². The van der Waals surface area contributed by atoms with E-state index in [0.717, 1.165) is 60.4 Å². The van der Waals surface area contributed by atoms with Crippen molar-refractivity contribution in [1.29, 1.82) is 0 Å². The standard InChI is InChI=1S/C35H34N4O4/c40-33(41)15-19-39(35(43)27-8-9-27)22-24-4-3-7-28(20-24)29-10-11-32(38-18-14-25-5-1-2-6-30(25)23-38)31(21-29)37-34(42)26-12-16-36-17-13-26/h1-7,10-13,16-17,20-21,27H,8-9,14-15,18-19,22-23H2,(H,37,42)(H,40,41). The molecule has 4 aromatic rings. The van der Waals surface area contributed by atoms with Gasteiger partial charge in [-0.05, 0) is 77.4 Å². The molecule has 0 saturated heterocycles. The molecule has 0 atom stereocenters. The van der Waals surface area contributed by atoms with E-state index in [1.807, 2.05) is 30.3 Å². The van der Waals surface area contributed by atoms with E-state index in [-0.39, 0.29) is 30.7 Å². The Kier molecular flexibility index (Phi) is 8.18. The monoisotopic (exact) mass is 574 g/mol. The molecule has 218 valence electrons. The molecule has 2 aliphatic rings. The highest BCUT2D eigenvalue weighted by Gasteiger charge is 2.33. The Morgan fingerprint density at radius 3 is 2.44 bits per heavy atom. The lowest BCUT2D eigenvalue weighted by Gasteiger charge is -2.32. The number of carbonyl (C=O) groups excluding carboxylic acids is 2. The van der Waals surface area contributed by atoms with Gasteiger partial charge in [-0.1, -0.05) is 48.5 Å². The highest BCUT2D eigenvalue weighted by molar-refractivity contribution is 6.06. The van der Waals surface area contributed by atoms with E-state index >= 15 is 0 Å². The van der Waals surface area contributed by atoms with E-state index in [9.17, 15) is 19.5 Å². The molecular weight excluding hydrogens is 540 g/mol. The summed E-state index contributed by atoms with van der Waals surface area (Å²) in [5, 5.41) is 12.4. The summed E-state index contributed by atoms with van der Waals surface area (Å²) < 4.78 is 0. The topological polar surface area (TPSA) is 103 Å². The summed E-state index contributed by atoms with van der Waals surface area (Å²) in [7, 11) is 0. The number of pyridine rings is 1. The number of nitrogens with zero attached hydrogens (tertiary/aromatic N) is 3. The number of anilines is 2. The van der Waals surface area contributed by atoms with Gasteiger partial charge in [0.15, 0.2) is 0 Å². The number of carboxylic acid groups (broad SMARTS) is 1. The fraction of sp³-hybridized carbons (Fsp3) is 0.257. The zero-order chi connectivity index (χ0) is 29.8. The number of aromatic nitrogens is 1. The maximum absolute atomic E-state index is 13.3. The molecule has 2 N–H and O–H groups in total. The lowest BCUT2D eigenvalue weighted by atomic mass is 9.98. The molecule has 1 aliphatic heterocycles. The highest BCUT2D eigenvalue weighted by atomic mass is 16.4. The Morgan fingerprint density at radius 1 is 0.907 bits per heavy atom. The number of amides is 2. The van der Waals surface area contributed by atoms with Crippen LogP contribution in [0.2, 0.25) is 0 Å². The van der Waals surface area contributed by atoms with Crippen LogP contribution >= 0.6 is 0 Å². The minimum atomic E-state index is -0.916. The van der Waals surface area contributed by atoms with Crippen molar-refractivity contribution in [3.8, 4) is 11.1 Å². The van der Waals surface area contributed by atoms with Gasteiger partial charge in [0.05, 0.1) is 17.8 Å². The molecule has 43 heavy (non-hydrogen) atoms. The van der Waals surface area contributed by atoms with Crippen molar-refractivity contribution < 1.29 is 19.5 Å². The maximum atomic E-state index is 13.3. The van der Waals surface area contributed by atoms with Gasteiger partial charge in [-0.15, -0.1) is 0 Å². The minimum absolute atomic E-state index is 0.0119. The highest BCUT2D eigenvalue weighted by Crippen LogP contribution is 2.36. The smallest absolute Gasteiger partial charge is 0.305 e. The van der Waals surface area contributed by atoms with Gasteiger partial charge in [0.1, 0.15) is 0 Å². The van der Waals surface area contributed by atoms with Crippen LogP contribution in [0.1, 0.15) is 46.3 Å². The lowest BCUT2D eigenvalue weighted by molar-refractivity contribution is -0.139. The summed E-state index contributed by atoms with van der Waals surface area (Å²) in [6.07, 6.45) is 5.79. The second-order valence-corrected chi connectivity index (χ2v) is 11.2.